The lowest BCUT2D eigenvalue weighted by atomic mass is 9.43. The van der Waals surface area contributed by atoms with Crippen LogP contribution in [-0.2, 0) is 0 Å². The lowest BCUT2D eigenvalue weighted by Crippen LogP contribution is -2.58. The Balaban J connectivity index is 1.46. The minimum atomic E-state index is -0.953. The van der Waals surface area contributed by atoms with Gasteiger partial charge in [0.25, 0.3) is 0 Å². The number of hydrogen-bond acceptors (Lipinski definition) is 4. The Labute approximate surface area is 189 Å². The van der Waals surface area contributed by atoms with Gasteiger partial charge in [-0.15, -0.1) is 0 Å². The predicted molar refractivity (Wildman–Crippen MR) is 123 cm³/mol. The molecule has 0 aromatic heterocycles. The monoisotopic (exact) mass is 436 g/mol. The molecule has 0 amide bonds. The highest BCUT2D eigenvalue weighted by Crippen LogP contribution is 2.68. The second-order valence-corrected chi connectivity index (χ2v) is 13.0. The van der Waals surface area contributed by atoms with Gasteiger partial charge in [-0.2, -0.15) is 0 Å². The normalized spacial score (nSPS) is 50.1. The third-order valence-electron chi connectivity index (χ3n) is 11.1. The molecule has 4 rings (SSSR count). The van der Waals surface area contributed by atoms with Crippen LogP contribution < -0.4 is 0 Å². The minimum Gasteiger partial charge on any atom is -0.393 e. The third-order valence-corrected chi connectivity index (χ3v) is 11.1. The van der Waals surface area contributed by atoms with Gasteiger partial charge < -0.3 is 20.4 Å². The molecule has 0 saturated heterocycles. The van der Waals surface area contributed by atoms with E-state index in [9.17, 15) is 20.4 Å². The maximum Gasteiger partial charge on any atom is 0.0849 e. The Kier molecular flexibility index (Phi) is 6.62. The van der Waals surface area contributed by atoms with E-state index in [-0.39, 0.29) is 18.8 Å². The Morgan fingerprint density at radius 1 is 0.968 bits per heavy atom. The number of hydrogen-bond donors (Lipinski definition) is 4. The smallest absolute Gasteiger partial charge is 0.0849 e. The van der Waals surface area contributed by atoms with Gasteiger partial charge >= 0.3 is 0 Å². The molecule has 0 radical (unpaired) electrons. The number of fused-ring (bicyclic) bond motifs is 5. The van der Waals surface area contributed by atoms with E-state index in [0.29, 0.717) is 52.8 Å². The molecule has 4 saturated carbocycles. The predicted octanol–water partition coefficient (Wildman–Crippen LogP) is 4.53. The van der Waals surface area contributed by atoms with E-state index < -0.39 is 5.60 Å². The van der Waals surface area contributed by atoms with Gasteiger partial charge in [0.2, 0.25) is 0 Å². The molecule has 11 atom stereocenters. The minimum absolute atomic E-state index is 0.164. The Hall–Kier alpha value is -0.160. The van der Waals surface area contributed by atoms with Crippen LogP contribution in [-0.4, -0.2) is 44.8 Å². The average Bonchev–Trinajstić information content (AvgIpc) is 3.06. The summed E-state index contributed by atoms with van der Waals surface area (Å²) in [5.74, 6) is 3.47. The Morgan fingerprint density at radius 3 is 2.35 bits per heavy atom. The molecule has 0 aromatic rings. The quantitative estimate of drug-likeness (QED) is 0.493. The second kappa shape index (κ2) is 8.56. The molecule has 0 heterocycles. The zero-order valence-electron chi connectivity index (χ0n) is 20.4. The summed E-state index contributed by atoms with van der Waals surface area (Å²) >= 11 is 0. The van der Waals surface area contributed by atoms with Crippen LogP contribution in [0.25, 0.3) is 0 Å². The summed E-state index contributed by atoms with van der Waals surface area (Å²) in [6.07, 6.45) is 11.2. The first kappa shape index (κ1) is 24.0. The summed E-state index contributed by atoms with van der Waals surface area (Å²) in [5.41, 5.74) is -0.339. The molecule has 4 heteroatoms. The number of aliphatic hydroxyl groups is 4. The van der Waals surface area contributed by atoms with E-state index in [0.717, 1.165) is 38.5 Å². The first-order valence-corrected chi connectivity index (χ1v) is 13.2. The molecule has 4 aliphatic rings. The maximum absolute atomic E-state index is 11.4. The van der Waals surface area contributed by atoms with Crippen molar-refractivity contribution in [3.05, 3.63) is 0 Å². The van der Waals surface area contributed by atoms with Crippen LogP contribution in [0.15, 0.2) is 0 Å². The van der Waals surface area contributed by atoms with E-state index in [2.05, 4.69) is 20.8 Å². The summed E-state index contributed by atoms with van der Waals surface area (Å²) in [7, 11) is 0. The first-order valence-electron chi connectivity index (χ1n) is 13.2. The summed E-state index contributed by atoms with van der Waals surface area (Å²) in [6.45, 7) is 8.97. The van der Waals surface area contributed by atoms with Crippen molar-refractivity contribution in [2.75, 3.05) is 6.61 Å². The van der Waals surface area contributed by atoms with Gasteiger partial charge in [0, 0.05) is 0 Å². The lowest BCUT2D eigenvalue weighted by Gasteiger charge is -2.62. The van der Waals surface area contributed by atoms with Crippen molar-refractivity contribution in [2.45, 2.75) is 116 Å². The van der Waals surface area contributed by atoms with Crippen LogP contribution in [0.3, 0.4) is 0 Å². The van der Waals surface area contributed by atoms with Crippen LogP contribution in [0.4, 0.5) is 0 Å². The van der Waals surface area contributed by atoms with E-state index in [1.54, 1.807) is 6.92 Å². The van der Waals surface area contributed by atoms with Crippen molar-refractivity contribution in [1.82, 2.24) is 0 Å². The number of rotatable bonds is 6. The molecular weight excluding hydrogens is 388 g/mol. The van der Waals surface area contributed by atoms with Crippen molar-refractivity contribution in [3.8, 4) is 0 Å². The van der Waals surface area contributed by atoms with Gasteiger partial charge in [-0.1, -0.05) is 33.6 Å². The molecule has 0 aromatic carbocycles. The van der Waals surface area contributed by atoms with Gasteiger partial charge in [0.15, 0.2) is 0 Å². The van der Waals surface area contributed by atoms with Crippen molar-refractivity contribution in [3.63, 3.8) is 0 Å². The Bertz CT molecular complexity index is 635. The summed E-state index contributed by atoms with van der Waals surface area (Å²) < 4.78 is 0. The van der Waals surface area contributed by atoms with Crippen LogP contribution in [0, 0.1) is 46.3 Å². The molecule has 4 aliphatic carbocycles. The van der Waals surface area contributed by atoms with Gasteiger partial charge in [-0.25, -0.2) is 0 Å². The van der Waals surface area contributed by atoms with Crippen molar-refractivity contribution in [1.29, 1.82) is 0 Å². The standard InChI is InChI=1S/C27H48O4/c1-17(6-5-11-25(2,31)16-28)20-7-8-21-24-22(10-13-27(20,21)4)26(3)12-9-19(29)14-18(26)15-23(24)30/h17-24,28-31H,5-16H2,1-4H3/t17?,18-,19-,20?,21?,22?,23-,24?,25?,26?,27?/m1/s1. The summed E-state index contributed by atoms with van der Waals surface area (Å²) in [6, 6.07) is 0. The largest absolute Gasteiger partial charge is 0.393 e. The summed E-state index contributed by atoms with van der Waals surface area (Å²) in [4.78, 5) is 0. The van der Waals surface area contributed by atoms with Gasteiger partial charge in [0.05, 0.1) is 24.4 Å². The van der Waals surface area contributed by atoms with Crippen molar-refractivity contribution >= 4 is 0 Å². The second-order valence-electron chi connectivity index (χ2n) is 13.0. The van der Waals surface area contributed by atoms with Crippen molar-refractivity contribution in [2.24, 2.45) is 46.3 Å². The van der Waals surface area contributed by atoms with Crippen LogP contribution in [0.2, 0.25) is 0 Å². The number of aliphatic hydroxyl groups excluding tert-OH is 3. The van der Waals surface area contributed by atoms with Crippen molar-refractivity contribution < 1.29 is 20.4 Å². The molecule has 0 aliphatic heterocycles. The van der Waals surface area contributed by atoms with E-state index in [4.69, 9.17) is 0 Å². The molecule has 4 nitrogen and oxygen atoms in total. The zero-order valence-corrected chi connectivity index (χ0v) is 20.4. The Morgan fingerprint density at radius 2 is 1.65 bits per heavy atom. The first-order chi connectivity index (χ1) is 14.5. The average molecular weight is 437 g/mol. The van der Waals surface area contributed by atoms with Crippen LogP contribution in [0.5, 0.6) is 0 Å². The van der Waals surface area contributed by atoms with Gasteiger partial charge in [-0.05, 0) is 111 Å². The van der Waals surface area contributed by atoms with E-state index in [1.165, 1.54) is 25.7 Å². The molecule has 31 heavy (non-hydrogen) atoms. The molecule has 180 valence electrons. The third kappa shape index (κ3) is 4.13. The van der Waals surface area contributed by atoms with Crippen LogP contribution >= 0.6 is 0 Å². The fourth-order valence-corrected chi connectivity index (χ4v) is 9.26. The molecule has 0 spiro atoms. The SMILES string of the molecule is CC(CCCC(C)(O)CO)C1CCC2C3C(CCC12C)C1(C)CC[C@@H](O)C[C@@H]1C[C@H]3O. The molecule has 8 unspecified atom stereocenters. The van der Waals surface area contributed by atoms with Gasteiger partial charge in [0.1, 0.15) is 0 Å². The molecule has 4 fully saturated rings. The highest BCUT2D eigenvalue weighted by atomic mass is 16.3. The highest BCUT2D eigenvalue weighted by Gasteiger charge is 2.62. The van der Waals surface area contributed by atoms with Gasteiger partial charge in [-0.3, -0.25) is 0 Å². The molecule has 0 bridgehead atoms. The topological polar surface area (TPSA) is 80.9 Å². The fraction of sp³-hybridized carbons (Fsp3) is 1.00. The lowest BCUT2D eigenvalue weighted by molar-refractivity contribution is -0.174. The van der Waals surface area contributed by atoms with E-state index >= 15 is 0 Å². The molecular formula is C27H48O4. The van der Waals surface area contributed by atoms with Crippen LogP contribution in [0.1, 0.15) is 98.3 Å². The molecule has 4 N–H and O–H groups in total. The summed E-state index contributed by atoms with van der Waals surface area (Å²) in [5, 5.41) is 41.1. The fourth-order valence-electron chi connectivity index (χ4n) is 9.26. The van der Waals surface area contributed by atoms with E-state index in [1.807, 2.05) is 0 Å². The zero-order chi connectivity index (χ0) is 22.6. The maximum atomic E-state index is 11.4. The highest BCUT2D eigenvalue weighted by molar-refractivity contribution is 5.11.